The molecule has 2 aromatic heterocycles. The van der Waals surface area contributed by atoms with Gasteiger partial charge in [0.15, 0.2) is 0 Å². The van der Waals surface area contributed by atoms with Crippen molar-refractivity contribution in [3.05, 3.63) is 63.6 Å². The van der Waals surface area contributed by atoms with Crippen LogP contribution in [0.2, 0.25) is 0 Å². The molecular weight excluding hydrogens is 393 g/mol. The third kappa shape index (κ3) is 3.34. The van der Waals surface area contributed by atoms with Crippen LogP contribution >= 0.6 is 0 Å². The summed E-state index contributed by atoms with van der Waals surface area (Å²) in [6.45, 7) is 7.49. The third-order valence-corrected chi connectivity index (χ3v) is 6.13. The van der Waals surface area contributed by atoms with Gasteiger partial charge in [-0.15, -0.1) is 0 Å². The van der Waals surface area contributed by atoms with Crippen molar-refractivity contribution < 1.29 is 13.2 Å². The molecule has 158 valence electrons. The summed E-state index contributed by atoms with van der Waals surface area (Å²) >= 11 is 0. The molecule has 0 radical (unpaired) electrons. The van der Waals surface area contributed by atoms with Crippen LogP contribution in [0.15, 0.2) is 35.3 Å². The minimum atomic E-state index is -2.89. The van der Waals surface area contributed by atoms with Gasteiger partial charge in [-0.2, -0.15) is 0 Å². The van der Waals surface area contributed by atoms with Gasteiger partial charge in [-0.25, -0.2) is 23.1 Å². The van der Waals surface area contributed by atoms with Gasteiger partial charge in [0.1, 0.15) is 17.5 Å². The Balaban J connectivity index is 1.78. The number of pyridine rings is 1. The number of rotatable bonds is 5. The summed E-state index contributed by atoms with van der Waals surface area (Å²) in [7, 11) is 0. The van der Waals surface area contributed by atoms with E-state index in [-0.39, 0.29) is 16.7 Å². The van der Waals surface area contributed by atoms with Crippen LogP contribution in [0.4, 0.5) is 19.0 Å². The maximum atomic E-state index is 14.6. The fraction of sp³-hybridized carbons (Fsp3) is 0.409. The molecule has 1 aromatic carbocycles. The summed E-state index contributed by atoms with van der Waals surface area (Å²) in [6, 6.07) is 4.81. The highest BCUT2D eigenvalue weighted by Crippen LogP contribution is 2.49. The Bertz CT molecular complexity index is 1190. The standard InChI is InChI=1S/C22H23F3N4O/c1-11-9-22(11,4)29-10-16-17(8-18(29)30)27-13(3)28-21(16)26-12(2)14-6-5-7-15(19(14)23)20(24)25/h5-8,10-12,20H,9H2,1-4H3,(H,26,27,28)/t11?,12-,22?/m0/s1. The van der Waals surface area contributed by atoms with Crippen molar-refractivity contribution in [2.45, 2.75) is 52.1 Å². The summed E-state index contributed by atoms with van der Waals surface area (Å²) in [5, 5.41) is 3.75. The van der Waals surface area contributed by atoms with Gasteiger partial charge < -0.3 is 9.88 Å². The second-order valence-corrected chi connectivity index (χ2v) is 8.28. The molecule has 5 nitrogen and oxygen atoms in total. The zero-order valence-corrected chi connectivity index (χ0v) is 17.2. The summed E-state index contributed by atoms with van der Waals surface area (Å²) in [5.41, 5.74) is -0.418. The van der Waals surface area contributed by atoms with Crippen LogP contribution in [0.3, 0.4) is 0 Å². The lowest BCUT2D eigenvalue weighted by Gasteiger charge is -2.20. The number of hydrogen-bond acceptors (Lipinski definition) is 4. The quantitative estimate of drug-likeness (QED) is 0.628. The number of aromatic nitrogens is 3. The average Bonchev–Trinajstić information content (AvgIpc) is 3.28. The van der Waals surface area contributed by atoms with Crippen LogP contribution in [0, 0.1) is 18.7 Å². The number of hydrogen-bond donors (Lipinski definition) is 1. The first-order chi connectivity index (χ1) is 14.1. The highest BCUT2D eigenvalue weighted by molar-refractivity contribution is 5.88. The molecule has 0 saturated heterocycles. The lowest BCUT2D eigenvalue weighted by atomic mass is 10.0. The van der Waals surface area contributed by atoms with Crippen molar-refractivity contribution in [3.8, 4) is 0 Å². The van der Waals surface area contributed by atoms with E-state index in [2.05, 4.69) is 22.2 Å². The number of fused-ring (bicyclic) bond motifs is 1. The smallest absolute Gasteiger partial charge is 0.266 e. The van der Waals surface area contributed by atoms with Crippen LogP contribution in [-0.4, -0.2) is 14.5 Å². The molecule has 2 heterocycles. The summed E-state index contributed by atoms with van der Waals surface area (Å²) in [4.78, 5) is 21.4. The van der Waals surface area contributed by atoms with Gasteiger partial charge in [0.2, 0.25) is 0 Å². The van der Waals surface area contributed by atoms with Gasteiger partial charge in [0.25, 0.3) is 12.0 Å². The Morgan fingerprint density at radius 3 is 2.57 bits per heavy atom. The van der Waals surface area contributed by atoms with Crippen LogP contribution in [0.1, 0.15) is 56.6 Å². The molecule has 3 aromatic rings. The molecule has 1 N–H and O–H groups in total. The number of nitrogens with one attached hydrogen (secondary N) is 1. The molecule has 0 aliphatic heterocycles. The van der Waals surface area contributed by atoms with Crippen molar-refractivity contribution in [1.82, 2.24) is 14.5 Å². The predicted octanol–water partition coefficient (Wildman–Crippen LogP) is 5.10. The van der Waals surface area contributed by atoms with E-state index in [4.69, 9.17) is 0 Å². The molecule has 1 fully saturated rings. The molecule has 30 heavy (non-hydrogen) atoms. The Morgan fingerprint density at radius 2 is 1.93 bits per heavy atom. The number of anilines is 1. The number of alkyl halides is 2. The summed E-state index contributed by atoms with van der Waals surface area (Å²) in [6.07, 6.45) is -0.257. The van der Waals surface area contributed by atoms with Crippen molar-refractivity contribution in [2.75, 3.05) is 5.32 Å². The normalized spacial score (nSPS) is 21.8. The number of nitrogens with zero attached hydrogens (tertiary/aromatic N) is 3. The maximum absolute atomic E-state index is 14.6. The van der Waals surface area contributed by atoms with Gasteiger partial charge in [0, 0.05) is 23.4 Å². The molecule has 2 unspecified atom stereocenters. The number of benzene rings is 1. The van der Waals surface area contributed by atoms with E-state index in [1.54, 1.807) is 24.6 Å². The minimum Gasteiger partial charge on any atom is -0.363 e. The average molecular weight is 416 g/mol. The minimum absolute atomic E-state index is 0.119. The number of aryl methyl sites for hydroxylation is 1. The second kappa shape index (κ2) is 7.11. The second-order valence-electron chi connectivity index (χ2n) is 8.28. The van der Waals surface area contributed by atoms with E-state index in [0.717, 1.165) is 12.5 Å². The first kappa shape index (κ1) is 20.4. The fourth-order valence-corrected chi connectivity index (χ4v) is 3.98. The third-order valence-electron chi connectivity index (χ3n) is 6.13. The molecule has 0 bridgehead atoms. The van der Waals surface area contributed by atoms with E-state index in [9.17, 15) is 18.0 Å². The highest BCUT2D eigenvalue weighted by Gasteiger charge is 2.48. The molecule has 0 amide bonds. The van der Waals surface area contributed by atoms with E-state index in [0.29, 0.717) is 28.5 Å². The molecule has 1 saturated carbocycles. The summed E-state index contributed by atoms with van der Waals surface area (Å²) in [5.74, 6) is 0.319. The molecule has 3 atom stereocenters. The van der Waals surface area contributed by atoms with E-state index >= 15 is 0 Å². The molecular formula is C22H23F3N4O. The van der Waals surface area contributed by atoms with E-state index in [1.807, 2.05) is 6.92 Å². The Hall–Kier alpha value is -2.90. The van der Waals surface area contributed by atoms with Gasteiger partial charge in [-0.1, -0.05) is 25.1 Å². The van der Waals surface area contributed by atoms with Crippen molar-refractivity contribution >= 4 is 16.7 Å². The van der Waals surface area contributed by atoms with Crippen LogP contribution < -0.4 is 10.9 Å². The van der Waals surface area contributed by atoms with E-state index in [1.165, 1.54) is 18.2 Å². The van der Waals surface area contributed by atoms with Gasteiger partial charge >= 0.3 is 0 Å². The molecule has 8 heteroatoms. The zero-order valence-electron chi connectivity index (χ0n) is 17.2. The Kier molecular flexibility index (Phi) is 4.83. The first-order valence-electron chi connectivity index (χ1n) is 9.86. The molecule has 1 aliphatic carbocycles. The monoisotopic (exact) mass is 416 g/mol. The van der Waals surface area contributed by atoms with Gasteiger partial charge in [0.05, 0.1) is 22.5 Å². The van der Waals surface area contributed by atoms with Crippen LogP contribution in [0.5, 0.6) is 0 Å². The zero-order chi connectivity index (χ0) is 21.8. The predicted molar refractivity (Wildman–Crippen MR) is 109 cm³/mol. The fourth-order valence-electron chi connectivity index (χ4n) is 3.98. The maximum Gasteiger partial charge on any atom is 0.266 e. The molecule has 4 rings (SSSR count). The van der Waals surface area contributed by atoms with Crippen molar-refractivity contribution in [3.63, 3.8) is 0 Å². The lowest BCUT2D eigenvalue weighted by Crippen LogP contribution is -2.28. The molecule has 1 aliphatic rings. The van der Waals surface area contributed by atoms with Crippen molar-refractivity contribution in [1.29, 1.82) is 0 Å². The SMILES string of the molecule is Cc1nc(N[C@@H](C)c2cccc(C(F)F)c2F)c2cn(C3(C)CC3C)c(=O)cc2n1. The van der Waals surface area contributed by atoms with Gasteiger partial charge in [-0.3, -0.25) is 4.79 Å². The van der Waals surface area contributed by atoms with Crippen LogP contribution in [0.25, 0.3) is 10.9 Å². The first-order valence-corrected chi connectivity index (χ1v) is 9.86. The number of halogens is 3. The van der Waals surface area contributed by atoms with Gasteiger partial charge in [-0.05, 0) is 33.1 Å². The molecule has 0 spiro atoms. The summed E-state index contributed by atoms with van der Waals surface area (Å²) < 4.78 is 42.5. The van der Waals surface area contributed by atoms with Crippen LogP contribution in [-0.2, 0) is 5.54 Å². The Morgan fingerprint density at radius 1 is 1.27 bits per heavy atom. The lowest BCUT2D eigenvalue weighted by molar-refractivity contribution is 0.146. The highest BCUT2D eigenvalue weighted by atomic mass is 19.3. The van der Waals surface area contributed by atoms with Crippen molar-refractivity contribution in [2.24, 2.45) is 5.92 Å². The Labute approximate surface area is 172 Å². The van der Waals surface area contributed by atoms with E-state index < -0.39 is 23.8 Å². The largest absolute Gasteiger partial charge is 0.363 e. The topological polar surface area (TPSA) is 59.8 Å².